The van der Waals surface area contributed by atoms with Crippen molar-refractivity contribution in [2.45, 2.75) is 52.7 Å². The molecule has 1 heterocycles. The molecule has 2 amide bonds. The van der Waals surface area contributed by atoms with E-state index in [9.17, 15) is 4.79 Å². The molecule has 5 nitrogen and oxygen atoms in total. The quantitative estimate of drug-likeness (QED) is 0.609. The first-order valence-corrected chi connectivity index (χ1v) is 8.98. The Morgan fingerprint density at radius 3 is 2.26 bits per heavy atom. The molecule has 0 bridgehead atoms. The third-order valence-corrected chi connectivity index (χ3v) is 4.97. The first kappa shape index (κ1) is 21.0. The number of amides is 2. The number of nitrogens with one attached hydrogen (secondary N) is 2. The van der Waals surface area contributed by atoms with E-state index in [4.69, 9.17) is 9.31 Å². The second-order valence-electron chi connectivity index (χ2n) is 7.89. The maximum Gasteiger partial charge on any atom is 0.495 e. The summed E-state index contributed by atoms with van der Waals surface area (Å²) in [5.74, 6) is 0. The van der Waals surface area contributed by atoms with Gasteiger partial charge < -0.3 is 19.9 Å². The highest BCUT2D eigenvalue weighted by atomic mass is 16.7. The van der Waals surface area contributed by atoms with Gasteiger partial charge in [0.25, 0.3) is 0 Å². The maximum atomic E-state index is 12.3. The van der Waals surface area contributed by atoms with Gasteiger partial charge in [-0.3, -0.25) is 0 Å². The van der Waals surface area contributed by atoms with Crippen molar-refractivity contribution in [1.82, 2.24) is 5.32 Å². The van der Waals surface area contributed by atoms with Crippen LogP contribution in [-0.2, 0) is 9.31 Å². The zero-order chi connectivity index (χ0) is 20.4. The zero-order valence-corrected chi connectivity index (χ0v) is 17.1. The number of urea groups is 1. The first-order valence-electron chi connectivity index (χ1n) is 8.98. The van der Waals surface area contributed by atoms with Gasteiger partial charge in [0.05, 0.1) is 11.2 Å². The van der Waals surface area contributed by atoms with E-state index in [1.165, 1.54) is 0 Å². The molecule has 0 aromatic heterocycles. The minimum atomic E-state index is -0.478. The summed E-state index contributed by atoms with van der Waals surface area (Å²) in [6.07, 6.45) is 3.49. The molecule has 2 N–H and O–H groups in total. The number of allylic oxidation sites excluding steroid dienone is 3. The minimum absolute atomic E-state index is 0.361. The Morgan fingerprint density at radius 1 is 1.11 bits per heavy atom. The molecular formula is C21H29BN2O3. The molecule has 1 saturated heterocycles. The fourth-order valence-electron chi connectivity index (χ4n) is 2.60. The smallest absolute Gasteiger partial charge is 0.399 e. The molecule has 0 saturated carbocycles. The van der Waals surface area contributed by atoms with Crippen molar-refractivity contribution in [3.63, 3.8) is 0 Å². The van der Waals surface area contributed by atoms with Gasteiger partial charge in [0, 0.05) is 11.4 Å². The molecule has 144 valence electrons. The lowest BCUT2D eigenvalue weighted by Gasteiger charge is -2.32. The van der Waals surface area contributed by atoms with Gasteiger partial charge in [-0.25, -0.2) is 4.79 Å². The van der Waals surface area contributed by atoms with Gasteiger partial charge in [-0.15, -0.1) is 0 Å². The highest BCUT2D eigenvalue weighted by molar-refractivity contribution is 6.62. The molecule has 0 spiro atoms. The van der Waals surface area contributed by atoms with E-state index in [-0.39, 0.29) is 6.03 Å². The molecule has 0 atom stereocenters. The predicted octanol–water partition coefficient (Wildman–Crippen LogP) is 4.06. The van der Waals surface area contributed by atoms with E-state index in [0.717, 1.165) is 16.6 Å². The molecule has 1 aliphatic rings. The molecule has 1 aliphatic heterocycles. The number of anilines is 1. The van der Waals surface area contributed by atoms with Crippen LogP contribution in [0.5, 0.6) is 0 Å². The summed E-state index contributed by atoms with van der Waals surface area (Å²) in [4.78, 5) is 12.3. The largest absolute Gasteiger partial charge is 0.495 e. The highest BCUT2D eigenvalue weighted by Gasteiger charge is 2.52. The van der Waals surface area contributed by atoms with Gasteiger partial charge in [0.1, 0.15) is 0 Å². The zero-order valence-electron chi connectivity index (χ0n) is 17.1. The van der Waals surface area contributed by atoms with Gasteiger partial charge in [-0.2, -0.15) is 0 Å². The lowest BCUT2D eigenvalue weighted by molar-refractivity contribution is 0.00578. The fraction of sp³-hybridized carbons (Fsp3) is 0.381. The third-order valence-electron chi connectivity index (χ3n) is 4.97. The summed E-state index contributed by atoms with van der Waals surface area (Å²) in [7, 11) is -0.478. The Labute approximate surface area is 162 Å². The van der Waals surface area contributed by atoms with Crippen molar-refractivity contribution in [1.29, 1.82) is 0 Å². The second kappa shape index (κ2) is 7.75. The summed E-state index contributed by atoms with van der Waals surface area (Å²) in [6, 6.07) is 5.31. The maximum absolute atomic E-state index is 12.3. The third kappa shape index (κ3) is 4.90. The number of carbonyl (C=O) groups excluding carboxylic acids is 1. The minimum Gasteiger partial charge on any atom is -0.399 e. The van der Waals surface area contributed by atoms with Crippen LogP contribution in [0.4, 0.5) is 10.5 Å². The van der Waals surface area contributed by atoms with E-state index in [1.54, 1.807) is 12.2 Å². The Bertz CT molecular complexity index is 781. The molecule has 2 rings (SSSR count). The van der Waals surface area contributed by atoms with Crippen molar-refractivity contribution in [3.05, 3.63) is 60.3 Å². The van der Waals surface area contributed by atoms with Crippen LogP contribution in [0.2, 0.25) is 0 Å². The molecule has 1 fully saturated rings. The summed E-state index contributed by atoms with van der Waals surface area (Å²) < 4.78 is 12.3. The Kier molecular flexibility index (Phi) is 6.02. The monoisotopic (exact) mass is 368 g/mol. The second-order valence-corrected chi connectivity index (χ2v) is 7.89. The van der Waals surface area contributed by atoms with Crippen LogP contribution in [-0.4, -0.2) is 24.4 Å². The van der Waals surface area contributed by atoms with Crippen molar-refractivity contribution in [2.24, 2.45) is 0 Å². The normalized spacial score (nSPS) is 17.8. The lowest BCUT2D eigenvalue weighted by atomic mass is 9.76. The van der Waals surface area contributed by atoms with Crippen LogP contribution < -0.4 is 16.1 Å². The Hall–Kier alpha value is -2.31. The van der Waals surface area contributed by atoms with E-state index in [1.807, 2.05) is 59.7 Å². The van der Waals surface area contributed by atoms with Crippen LogP contribution in [0.1, 0.15) is 40.2 Å². The van der Waals surface area contributed by atoms with Crippen LogP contribution in [0.15, 0.2) is 54.8 Å². The predicted molar refractivity (Wildman–Crippen MR) is 112 cm³/mol. The highest BCUT2D eigenvalue weighted by Crippen LogP contribution is 2.36. The van der Waals surface area contributed by atoms with Gasteiger partial charge in [0.2, 0.25) is 0 Å². The van der Waals surface area contributed by atoms with E-state index in [0.29, 0.717) is 11.4 Å². The van der Waals surface area contributed by atoms with E-state index in [2.05, 4.69) is 23.8 Å². The van der Waals surface area contributed by atoms with Crippen LogP contribution >= 0.6 is 0 Å². The summed E-state index contributed by atoms with van der Waals surface area (Å²) in [5.41, 5.74) is 3.01. The van der Waals surface area contributed by atoms with Crippen LogP contribution in [0, 0.1) is 6.92 Å². The molecular weight excluding hydrogens is 339 g/mol. The van der Waals surface area contributed by atoms with Crippen molar-refractivity contribution in [2.75, 3.05) is 5.32 Å². The number of rotatable bonds is 5. The average Bonchev–Trinajstić information content (AvgIpc) is 2.75. The molecule has 1 aromatic rings. The van der Waals surface area contributed by atoms with Crippen molar-refractivity contribution in [3.8, 4) is 0 Å². The summed E-state index contributed by atoms with van der Waals surface area (Å²) in [5, 5.41) is 5.55. The Morgan fingerprint density at radius 2 is 1.70 bits per heavy atom. The fourth-order valence-corrected chi connectivity index (χ4v) is 2.60. The molecule has 1 aromatic carbocycles. The van der Waals surface area contributed by atoms with Gasteiger partial charge in [0.15, 0.2) is 0 Å². The summed E-state index contributed by atoms with van der Waals surface area (Å²) >= 11 is 0. The number of hydrogen-bond acceptors (Lipinski definition) is 3. The topological polar surface area (TPSA) is 59.6 Å². The first-order chi connectivity index (χ1) is 12.4. The molecule has 6 heteroatoms. The van der Waals surface area contributed by atoms with E-state index >= 15 is 0 Å². The molecule has 0 aliphatic carbocycles. The van der Waals surface area contributed by atoms with Crippen molar-refractivity contribution < 1.29 is 14.1 Å². The van der Waals surface area contributed by atoms with Gasteiger partial charge >= 0.3 is 13.1 Å². The molecule has 0 radical (unpaired) electrons. The number of carbonyl (C=O) groups is 1. The van der Waals surface area contributed by atoms with Crippen LogP contribution in [0.25, 0.3) is 0 Å². The van der Waals surface area contributed by atoms with Gasteiger partial charge in [-0.05, 0) is 64.7 Å². The van der Waals surface area contributed by atoms with Gasteiger partial charge in [-0.1, -0.05) is 36.9 Å². The lowest BCUT2D eigenvalue weighted by Crippen LogP contribution is -2.41. The van der Waals surface area contributed by atoms with Crippen molar-refractivity contribution >= 4 is 24.3 Å². The Balaban J connectivity index is 2.12. The molecule has 0 unspecified atom stereocenters. The number of hydrogen-bond donors (Lipinski definition) is 2. The van der Waals surface area contributed by atoms with E-state index < -0.39 is 18.3 Å². The molecule has 27 heavy (non-hydrogen) atoms. The summed E-state index contributed by atoms with van der Waals surface area (Å²) in [6.45, 7) is 19.4. The standard InChI is InChI=1S/C21H29BN2O3/c1-14(2)12-13-15(3)23-19(25)24-18-11-9-10-17(16(18)4)22-26-20(5,6)21(7,8)27-22/h9-13H,1,3H2,2,4-8H3,(H2,23,24,25)/b13-12-. The number of benzene rings is 1. The SMILES string of the molecule is C=C(C)/C=C\C(=C)NC(=O)Nc1cccc(B2OC(C)(C)C(C)(C)O2)c1C. The average molecular weight is 368 g/mol. The van der Waals surface area contributed by atoms with Crippen LogP contribution in [0.3, 0.4) is 0 Å².